The van der Waals surface area contributed by atoms with Gasteiger partial charge in [0.05, 0.1) is 6.10 Å². The molecule has 1 saturated heterocycles. The van der Waals surface area contributed by atoms with Crippen LogP contribution in [0.4, 0.5) is 4.79 Å². The monoisotopic (exact) mass is 393 g/mol. The van der Waals surface area contributed by atoms with E-state index in [2.05, 4.69) is 5.32 Å². The number of aliphatic hydroxyl groups is 1. The second-order valence-corrected chi connectivity index (χ2v) is 8.48. The zero-order valence-corrected chi connectivity index (χ0v) is 16.7. The Kier molecular flexibility index (Phi) is 5.86. The third kappa shape index (κ3) is 3.87. The highest BCUT2D eigenvalue weighted by molar-refractivity contribution is 7.12. The van der Waals surface area contributed by atoms with Crippen molar-refractivity contribution in [1.82, 2.24) is 15.1 Å². The van der Waals surface area contributed by atoms with E-state index in [4.69, 9.17) is 0 Å². The molecule has 0 spiro atoms. The molecule has 0 aromatic carbocycles. The van der Waals surface area contributed by atoms with Crippen molar-refractivity contribution in [2.75, 3.05) is 26.2 Å². The lowest BCUT2D eigenvalue weighted by Gasteiger charge is -2.33. The average Bonchev–Trinajstić information content (AvgIpc) is 3.32. The number of piperazine rings is 1. The fourth-order valence-corrected chi connectivity index (χ4v) is 5.12. The second kappa shape index (κ2) is 7.98. The molecule has 2 heterocycles. The van der Waals surface area contributed by atoms with E-state index in [-0.39, 0.29) is 12.0 Å². The molecule has 148 valence electrons. The fraction of sp³-hybridized carbons (Fsp3) is 0.632. The quantitative estimate of drug-likeness (QED) is 0.749. The average molecular weight is 394 g/mol. The number of urea groups is 1. The van der Waals surface area contributed by atoms with E-state index in [9.17, 15) is 19.5 Å². The maximum atomic E-state index is 12.6. The molecular weight excluding hydrogens is 366 g/mol. The normalized spacial score (nSPS) is 20.9. The minimum Gasteiger partial charge on any atom is -0.388 e. The zero-order chi connectivity index (χ0) is 19.6. The Bertz CT molecular complexity index is 724. The third-order valence-corrected chi connectivity index (χ3v) is 7.14. The first-order chi connectivity index (χ1) is 12.9. The van der Waals surface area contributed by atoms with Crippen molar-refractivity contribution in [3.05, 3.63) is 21.9 Å². The summed E-state index contributed by atoms with van der Waals surface area (Å²) in [7, 11) is 0. The Hall–Kier alpha value is -1.93. The number of amides is 4. The van der Waals surface area contributed by atoms with Crippen molar-refractivity contribution in [3.8, 4) is 0 Å². The summed E-state index contributed by atoms with van der Waals surface area (Å²) in [4.78, 5) is 41.4. The molecule has 4 amide bonds. The number of hydrogen-bond donors (Lipinski definition) is 2. The molecule has 1 aliphatic carbocycles. The third-order valence-electron chi connectivity index (χ3n) is 5.64. The molecule has 1 aromatic heterocycles. The molecule has 27 heavy (non-hydrogen) atoms. The molecule has 1 aromatic rings. The summed E-state index contributed by atoms with van der Waals surface area (Å²) in [6.45, 7) is 5.06. The first-order valence-corrected chi connectivity index (χ1v) is 10.4. The van der Waals surface area contributed by atoms with Crippen LogP contribution in [0.2, 0.25) is 0 Å². The van der Waals surface area contributed by atoms with Crippen molar-refractivity contribution in [2.24, 2.45) is 0 Å². The standard InChI is InChI=1S/C19H27N3O4S/c1-3-21-10-11-22(17(25)16(21)24)18(26)20-12-19(8-4-5-9-19)15-7-6-14(27-15)13(2)23/h6-7,13,23H,3-5,8-12H2,1-2H3,(H,20,26). The summed E-state index contributed by atoms with van der Waals surface area (Å²) in [5.74, 6) is -1.37. The topological polar surface area (TPSA) is 89.9 Å². The molecule has 1 aliphatic heterocycles. The second-order valence-electron chi connectivity index (χ2n) is 7.37. The van der Waals surface area contributed by atoms with Crippen LogP contribution in [0.1, 0.15) is 55.4 Å². The van der Waals surface area contributed by atoms with Crippen LogP contribution in [0, 0.1) is 0 Å². The molecular formula is C19H27N3O4S. The molecule has 1 unspecified atom stereocenters. The van der Waals surface area contributed by atoms with E-state index in [0.29, 0.717) is 19.6 Å². The summed E-state index contributed by atoms with van der Waals surface area (Å²) in [6.07, 6.45) is 3.59. The lowest BCUT2D eigenvalue weighted by molar-refractivity contribution is -0.153. The fourth-order valence-electron chi connectivity index (χ4n) is 3.93. The van der Waals surface area contributed by atoms with E-state index in [1.807, 2.05) is 19.1 Å². The molecule has 2 N–H and O–H groups in total. The van der Waals surface area contributed by atoms with Crippen molar-refractivity contribution in [2.45, 2.75) is 51.0 Å². The van der Waals surface area contributed by atoms with Gasteiger partial charge in [0.15, 0.2) is 0 Å². The Balaban J connectivity index is 1.68. The molecule has 1 saturated carbocycles. The number of rotatable bonds is 5. The van der Waals surface area contributed by atoms with Crippen molar-refractivity contribution >= 4 is 29.2 Å². The van der Waals surface area contributed by atoms with Gasteiger partial charge in [-0.15, -0.1) is 11.3 Å². The highest BCUT2D eigenvalue weighted by atomic mass is 32.1. The Morgan fingerprint density at radius 1 is 1.26 bits per heavy atom. The first-order valence-electron chi connectivity index (χ1n) is 9.55. The number of imide groups is 1. The van der Waals surface area contributed by atoms with Gasteiger partial charge in [0.25, 0.3) is 0 Å². The minimum atomic E-state index is -0.756. The smallest absolute Gasteiger partial charge is 0.324 e. The van der Waals surface area contributed by atoms with Crippen molar-refractivity contribution < 1.29 is 19.5 Å². The van der Waals surface area contributed by atoms with E-state index in [0.717, 1.165) is 40.3 Å². The highest BCUT2D eigenvalue weighted by Gasteiger charge is 2.40. The minimum absolute atomic E-state index is 0.161. The van der Waals surface area contributed by atoms with Gasteiger partial charge in [0.2, 0.25) is 0 Å². The molecule has 2 aliphatic rings. The van der Waals surface area contributed by atoms with Crippen molar-refractivity contribution in [3.63, 3.8) is 0 Å². The number of nitrogens with one attached hydrogen (secondary N) is 1. The summed E-state index contributed by atoms with van der Waals surface area (Å²) >= 11 is 1.59. The van der Waals surface area contributed by atoms with Gasteiger partial charge in [-0.1, -0.05) is 12.8 Å². The summed E-state index contributed by atoms with van der Waals surface area (Å²) in [5, 5.41) is 12.7. The van der Waals surface area contributed by atoms with Gasteiger partial charge >= 0.3 is 17.8 Å². The van der Waals surface area contributed by atoms with Gasteiger partial charge in [-0.3, -0.25) is 14.5 Å². The van der Waals surface area contributed by atoms with E-state index < -0.39 is 23.9 Å². The van der Waals surface area contributed by atoms with E-state index >= 15 is 0 Å². The van der Waals surface area contributed by atoms with E-state index in [1.54, 1.807) is 18.3 Å². The first kappa shape index (κ1) is 19.8. The Labute approximate surface area is 163 Å². The van der Waals surface area contributed by atoms with Crippen LogP contribution in [-0.2, 0) is 15.0 Å². The van der Waals surface area contributed by atoms with Crippen molar-refractivity contribution in [1.29, 1.82) is 0 Å². The van der Waals surface area contributed by atoms with Gasteiger partial charge in [0.1, 0.15) is 0 Å². The van der Waals surface area contributed by atoms with Gasteiger partial charge in [-0.25, -0.2) is 4.79 Å². The maximum absolute atomic E-state index is 12.6. The number of thiophene rings is 1. The zero-order valence-electron chi connectivity index (χ0n) is 15.9. The lowest BCUT2D eigenvalue weighted by atomic mass is 9.84. The Morgan fingerprint density at radius 2 is 1.96 bits per heavy atom. The van der Waals surface area contributed by atoms with Crippen LogP contribution < -0.4 is 5.32 Å². The number of aliphatic hydroxyl groups excluding tert-OH is 1. The molecule has 8 heteroatoms. The lowest BCUT2D eigenvalue weighted by Crippen LogP contribution is -2.58. The predicted octanol–water partition coefficient (Wildman–Crippen LogP) is 2.01. The van der Waals surface area contributed by atoms with Gasteiger partial charge in [-0.05, 0) is 38.8 Å². The molecule has 0 radical (unpaired) electrons. The number of hydrogen-bond acceptors (Lipinski definition) is 5. The van der Waals surface area contributed by atoms with Crippen LogP contribution >= 0.6 is 11.3 Å². The van der Waals surface area contributed by atoms with Gasteiger partial charge in [0, 0.05) is 41.3 Å². The van der Waals surface area contributed by atoms with Gasteiger partial charge in [-0.2, -0.15) is 0 Å². The largest absolute Gasteiger partial charge is 0.388 e. The summed E-state index contributed by atoms with van der Waals surface area (Å²) in [6, 6.07) is 3.49. The molecule has 2 fully saturated rings. The molecule has 7 nitrogen and oxygen atoms in total. The predicted molar refractivity (Wildman–Crippen MR) is 102 cm³/mol. The maximum Gasteiger partial charge on any atom is 0.324 e. The number of carbonyl (C=O) groups excluding carboxylic acids is 3. The number of nitrogens with zero attached hydrogens (tertiary/aromatic N) is 2. The van der Waals surface area contributed by atoms with Crippen LogP contribution in [0.3, 0.4) is 0 Å². The van der Waals surface area contributed by atoms with E-state index in [1.165, 1.54) is 4.90 Å². The summed E-state index contributed by atoms with van der Waals surface area (Å²) < 4.78 is 0. The Morgan fingerprint density at radius 3 is 2.56 bits per heavy atom. The molecule has 3 rings (SSSR count). The highest BCUT2D eigenvalue weighted by Crippen LogP contribution is 2.44. The SMILES string of the molecule is CCN1CCN(C(=O)NCC2(c3ccc(C(C)O)s3)CCCC2)C(=O)C1=O. The van der Waals surface area contributed by atoms with Crippen LogP contribution in [0.5, 0.6) is 0 Å². The molecule has 0 bridgehead atoms. The van der Waals surface area contributed by atoms with Crippen LogP contribution in [0.25, 0.3) is 0 Å². The molecule has 1 atom stereocenters. The number of likely N-dealkylation sites (N-methyl/N-ethyl adjacent to an activating group) is 1. The van der Waals surface area contributed by atoms with Crippen LogP contribution in [-0.4, -0.2) is 58.9 Å². The van der Waals surface area contributed by atoms with Gasteiger partial charge < -0.3 is 15.3 Å². The van der Waals surface area contributed by atoms with Crippen LogP contribution in [0.15, 0.2) is 12.1 Å². The summed E-state index contributed by atoms with van der Waals surface area (Å²) in [5.41, 5.74) is -0.161. The number of carbonyl (C=O) groups is 3.